The van der Waals surface area contributed by atoms with Crippen LogP contribution in [0.2, 0.25) is 0 Å². The maximum atomic E-state index is 14.2. The Labute approximate surface area is 122 Å². The molecule has 3 rings (SSSR count). The second kappa shape index (κ2) is 5.01. The number of amides is 1. The minimum absolute atomic E-state index is 0.196. The van der Waals surface area contributed by atoms with Gasteiger partial charge in [-0.2, -0.15) is 0 Å². The zero-order valence-corrected chi connectivity index (χ0v) is 11.8. The van der Waals surface area contributed by atoms with Crippen LogP contribution in [0.5, 0.6) is 0 Å². The van der Waals surface area contributed by atoms with Crippen molar-refractivity contribution in [2.24, 2.45) is 5.73 Å². The fourth-order valence-corrected chi connectivity index (χ4v) is 3.13. The highest BCUT2D eigenvalue weighted by molar-refractivity contribution is 7.80. The first-order chi connectivity index (χ1) is 9.56. The molecule has 1 atom stereocenters. The van der Waals surface area contributed by atoms with E-state index in [1.165, 1.54) is 6.07 Å². The first-order valence-electron chi connectivity index (χ1n) is 6.70. The predicted molar refractivity (Wildman–Crippen MR) is 79.2 cm³/mol. The summed E-state index contributed by atoms with van der Waals surface area (Å²) in [4.78, 5) is 15.8. The fraction of sp³-hybridized carbons (Fsp3) is 0.429. The normalized spacial score (nSPS) is 22.1. The lowest BCUT2D eigenvalue weighted by Crippen LogP contribution is -2.51. The summed E-state index contributed by atoms with van der Waals surface area (Å²) < 4.78 is 14.2. The summed E-state index contributed by atoms with van der Waals surface area (Å²) >= 11 is 4.85. The quantitative estimate of drug-likeness (QED) is 0.834. The van der Waals surface area contributed by atoms with Crippen LogP contribution in [0.4, 0.5) is 10.1 Å². The van der Waals surface area contributed by atoms with Crippen LogP contribution in [-0.4, -0.2) is 41.5 Å². The van der Waals surface area contributed by atoms with E-state index in [2.05, 4.69) is 0 Å². The molecule has 0 radical (unpaired) electrons. The average Bonchev–Trinajstić information content (AvgIpc) is 2.79. The van der Waals surface area contributed by atoms with E-state index in [0.717, 1.165) is 6.42 Å². The van der Waals surface area contributed by atoms with E-state index < -0.39 is 0 Å². The number of halogens is 1. The number of hydrogen-bond donors (Lipinski definition) is 1. The minimum Gasteiger partial charge on any atom is -0.389 e. The van der Waals surface area contributed by atoms with E-state index in [1.54, 1.807) is 12.1 Å². The first kappa shape index (κ1) is 13.3. The Morgan fingerprint density at radius 2 is 2.20 bits per heavy atom. The Morgan fingerprint density at radius 3 is 2.90 bits per heavy atom. The smallest absolute Gasteiger partial charge is 0.223 e. The van der Waals surface area contributed by atoms with Gasteiger partial charge in [0, 0.05) is 37.7 Å². The molecule has 2 heterocycles. The van der Waals surface area contributed by atoms with E-state index in [-0.39, 0.29) is 22.8 Å². The molecule has 2 aliphatic rings. The van der Waals surface area contributed by atoms with Gasteiger partial charge < -0.3 is 15.5 Å². The van der Waals surface area contributed by atoms with Crippen LogP contribution < -0.4 is 10.6 Å². The highest BCUT2D eigenvalue weighted by atomic mass is 32.1. The molecule has 0 saturated carbocycles. The van der Waals surface area contributed by atoms with Crippen molar-refractivity contribution in [3.8, 4) is 0 Å². The summed E-state index contributed by atoms with van der Waals surface area (Å²) in [6.07, 6.45) is 1.48. The molecule has 0 spiro atoms. The number of carbonyl (C=O) groups is 1. The molecule has 2 aliphatic heterocycles. The molecule has 2 fully saturated rings. The van der Waals surface area contributed by atoms with Crippen molar-refractivity contribution in [1.82, 2.24) is 4.90 Å². The second-order valence-corrected chi connectivity index (χ2v) is 5.70. The summed E-state index contributed by atoms with van der Waals surface area (Å²) in [5, 5.41) is 0. The summed E-state index contributed by atoms with van der Waals surface area (Å²) in [7, 11) is 0. The number of nitrogens with two attached hydrogens (primary N) is 1. The van der Waals surface area contributed by atoms with Gasteiger partial charge in [0.05, 0.1) is 5.69 Å². The van der Waals surface area contributed by atoms with Crippen LogP contribution in [0.15, 0.2) is 18.2 Å². The number of hydrogen-bond acceptors (Lipinski definition) is 3. The Balaban J connectivity index is 1.80. The van der Waals surface area contributed by atoms with Crippen LogP contribution in [0.1, 0.15) is 18.4 Å². The van der Waals surface area contributed by atoms with Crippen LogP contribution in [-0.2, 0) is 4.79 Å². The monoisotopic (exact) mass is 293 g/mol. The number of rotatable bonds is 2. The van der Waals surface area contributed by atoms with Gasteiger partial charge in [-0.15, -0.1) is 0 Å². The van der Waals surface area contributed by atoms with Crippen molar-refractivity contribution in [1.29, 1.82) is 0 Å². The van der Waals surface area contributed by atoms with Crippen molar-refractivity contribution < 1.29 is 9.18 Å². The molecule has 2 saturated heterocycles. The molecule has 20 heavy (non-hydrogen) atoms. The molecule has 0 aliphatic carbocycles. The lowest BCUT2D eigenvalue weighted by molar-refractivity contribution is -0.129. The molecule has 1 amide bonds. The lowest BCUT2D eigenvalue weighted by Gasteiger charge is -2.39. The Hall–Kier alpha value is -1.69. The van der Waals surface area contributed by atoms with Gasteiger partial charge in [-0.3, -0.25) is 4.79 Å². The Morgan fingerprint density at radius 1 is 1.40 bits per heavy atom. The van der Waals surface area contributed by atoms with Crippen LogP contribution in [0, 0.1) is 5.82 Å². The third-order valence-electron chi connectivity index (χ3n) is 4.07. The highest BCUT2D eigenvalue weighted by Gasteiger charge is 2.35. The topological polar surface area (TPSA) is 49.6 Å². The van der Waals surface area contributed by atoms with E-state index in [4.69, 9.17) is 18.0 Å². The Kier molecular flexibility index (Phi) is 3.33. The number of benzene rings is 1. The third-order valence-corrected chi connectivity index (χ3v) is 4.30. The number of thiocarbonyl (C=S) groups is 1. The van der Waals surface area contributed by atoms with Gasteiger partial charge in [0.2, 0.25) is 5.91 Å². The lowest BCUT2D eigenvalue weighted by atomic mass is 10.1. The zero-order valence-electron chi connectivity index (χ0n) is 11.0. The van der Waals surface area contributed by atoms with Gasteiger partial charge in [-0.25, -0.2) is 4.39 Å². The van der Waals surface area contributed by atoms with E-state index in [9.17, 15) is 9.18 Å². The summed E-state index contributed by atoms with van der Waals surface area (Å²) in [6.45, 7) is 2.01. The van der Waals surface area contributed by atoms with Crippen LogP contribution >= 0.6 is 12.2 Å². The van der Waals surface area contributed by atoms with Crippen molar-refractivity contribution in [3.63, 3.8) is 0 Å². The van der Waals surface area contributed by atoms with E-state index in [1.807, 2.05) is 9.80 Å². The minimum atomic E-state index is -0.312. The molecule has 1 aromatic rings. The molecule has 4 nitrogen and oxygen atoms in total. The van der Waals surface area contributed by atoms with Gasteiger partial charge in [0.25, 0.3) is 0 Å². The molecule has 6 heteroatoms. The molecule has 1 unspecified atom stereocenters. The largest absolute Gasteiger partial charge is 0.389 e. The fourth-order valence-electron chi connectivity index (χ4n) is 3.00. The zero-order chi connectivity index (χ0) is 14.3. The van der Waals surface area contributed by atoms with Gasteiger partial charge in [0.1, 0.15) is 10.8 Å². The molecular formula is C14H16FN3OS. The Bertz CT molecular complexity index is 578. The standard InChI is InChI=1S/C14H16FN3OS/c15-11-7-9(14(16)20)1-3-12(11)17-5-6-18-10(8-17)2-4-13(18)19/h1,3,7,10H,2,4-6,8H2,(H2,16,20). The van der Waals surface area contributed by atoms with Crippen molar-refractivity contribution in [2.45, 2.75) is 18.9 Å². The number of piperazine rings is 1. The summed E-state index contributed by atoms with van der Waals surface area (Å²) in [5.74, 6) is -0.0907. The molecular weight excluding hydrogens is 277 g/mol. The number of nitrogens with zero attached hydrogens (tertiary/aromatic N) is 2. The summed E-state index contributed by atoms with van der Waals surface area (Å²) in [5.41, 5.74) is 6.60. The molecule has 106 valence electrons. The average molecular weight is 293 g/mol. The van der Waals surface area contributed by atoms with Crippen molar-refractivity contribution in [2.75, 3.05) is 24.5 Å². The van der Waals surface area contributed by atoms with Crippen LogP contribution in [0.3, 0.4) is 0 Å². The number of carbonyl (C=O) groups excluding carboxylic acids is 1. The first-order valence-corrected chi connectivity index (χ1v) is 7.11. The molecule has 0 aromatic heterocycles. The van der Waals surface area contributed by atoms with Crippen LogP contribution in [0.25, 0.3) is 0 Å². The SMILES string of the molecule is NC(=S)c1ccc(N2CCN3C(=O)CCC3C2)c(F)c1. The number of fused-ring (bicyclic) bond motifs is 1. The summed E-state index contributed by atoms with van der Waals surface area (Å²) in [6, 6.07) is 5.05. The van der Waals surface area contributed by atoms with E-state index in [0.29, 0.717) is 37.3 Å². The predicted octanol–water partition coefficient (Wildman–Crippen LogP) is 1.27. The van der Waals surface area contributed by atoms with Gasteiger partial charge in [-0.05, 0) is 24.6 Å². The third kappa shape index (κ3) is 2.24. The van der Waals surface area contributed by atoms with Crippen molar-refractivity contribution >= 4 is 28.8 Å². The van der Waals surface area contributed by atoms with Crippen molar-refractivity contribution in [3.05, 3.63) is 29.6 Å². The molecule has 0 bridgehead atoms. The van der Waals surface area contributed by atoms with Gasteiger partial charge >= 0.3 is 0 Å². The molecule has 2 N–H and O–H groups in total. The second-order valence-electron chi connectivity index (χ2n) is 5.26. The number of anilines is 1. The highest BCUT2D eigenvalue weighted by Crippen LogP contribution is 2.28. The van der Waals surface area contributed by atoms with E-state index >= 15 is 0 Å². The maximum Gasteiger partial charge on any atom is 0.223 e. The maximum absolute atomic E-state index is 14.2. The van der Waals surface area contributed by atoms with Gasteiger partial charge in [0.15, 0.2) is 0 Å². The molecule has 1 aromatic carbocycles. The van der Waals surface area contributed by atoms with Gasteiger partial charge in [-0.1, -0.05) is 12.2 Å².